The van der Waals surface area contributed by atoms with Crippen molar-refractivity contribution < 1.29 is 4.79 Å². The summed E-state index contributed by atoms with van der Waals surface area (Å²) in [5.74, 6) is 0.709. The standard InChI is InChI=1S/C12H17N5O/c1-3-10(11-13-6-7-14-11)16-12(18)9(2)17-8-4-5-15-17/h4-10H,3H2,1-2H3,(H,13,14)(H,16,18). The Morgan fingerprint density at radius 3 is 2.94 bits per heavy atom. The van der Waals surface area contributed by atoms with E-state index in [1.54, 1.807) is 35.5 Å². The zero-order chi connectivity index (χ0) is 13.0. The van der Waals surface area contributed by atoms with E-state index in [0.29, 0.717) is 0 Å². The minimum absolute atomic E-state index is 0.0676. The molecule has 2 unspecified atom stereocenters. The minimum Gasteiger partial charge on any atom is -0.347 e. The zero-order valence-corrected chi connectivity index (χ0v) is 10.5. The van der Waals surface area contributed by atoms with E-state index >= 15 is 0 Å². The third kappa shape index (κ3) is 2.58. The van der Waals surface area contributed by atoms with Gasteiger partial charge in [-0.3, -0.25) is 9.48 Å². The van der Waals surface area contributed by atoms with E-state index < -0.39 is 0 Å². The van der Waals surface area contributed by atoms with Gasteiger partial charge in [0.25, 0.3) is 0 Å². The van der Waals surface area contributed by atoms with E-state index in [0.717, 1.165) is 12.2 Å². The molecule has 0 saturated carbocycles. The summed E-state index contributed by atoms with van der Waals surface area (Å²) in [5, 5.41) is 7.03. The van der Waals surface area contributed by atoms with Crippen molar-refractivity contribution >= 4 is 5.91 Å². The van der Waals surface area contributed by atoms with Crippen molar-refractivity contribution in [2.24, 2.45) is 0 Å². The van der Waals surface area contributed by atoms with Crippen LogP contribution in [0, 0.1) is 0 Å². The van der Waals surface area contributed by atoms with Crippen LogP contribution < -0.4 is 5.32 Å². The number of aromatic nitrogens is 4. The van der Waals surface area contributed by atoms with Gasteiger partial charge < -0.3 is 10.3 Å². The molecule has 2 aromatic rings. The summed E-state index contributed by atoms with van der Waals surface area (Å²) < 4.78 is 1.63. The Kier molecular flexibility index (Phi) is 3.76. The molecule has 0 bridgehead atoms. The van der Waals surface area contributed by atoms with Gasteiger partial charge in [-0.1, -0.05) is 6.92 Å². The molecule has 6 heteroatoms. The van der Waals surface area contributed by atoms with Crippen molar-refractivity contribution in [3.05, 3.63) is 36.7 Å². The van der Waals surface area contributed by atoms with Crippen molar-refractivity contribution in [1.82, 2.24) is 25.1 Å². The predicted molar refractivity (Wildman–Crippen MR) is 66.7 cm³/mol. The average molecular weight is 247 g/mol. The van der Waals surface area contributed by atoms with Gasteiger partial charge in [-0.15, -0.1) is 0 Å². The van der Waals surface area contributed by atoms with E-state index in [9.17, 15) is 4.79 Å². The van der Waals surface area contributed by atoms with Gasteiger partial charge in [0.05, 0.1) is 6.04 Å². The zero-order valence-electron chi connectivity index (χ0n) is 10.5. The maximum atomic E-state index is 12.1. The first kappa shape index (κ1) is 12.3. The first-order chi connectivity index (χ1) is 8.72. The number of hydrogen-bond acceptors (Lipinski definition) is 3. The number of amides is 1. The molecule has 0 fully saturated rings. The first-order valence-electron chi connectivity index (χ1n) is 6.01. The van der Waals surface area contributed by atoms with Gasteiger partial charge in [-0.05, 0) is 19.4 Å². The van der Waals surface area contributed by atoms with E-state index in [2.05, 4.69) is 20.4 Å². The van der Waals surface area contributed by atoms with E-state index in [1.165, 1.54) is 0 Å². The highest BCUT2D eigenvalue weighted by Crippen LogP contribution is 2.13. The van der Waals surface area contributed by atoms with E-state index in [-0.39, 0.29) is 18.0 Å². The number of nitrogens with zero attached hydrogens (tertiary/aromatic N) is 3. The number of carbonyl (C=O) groups excluding carboxylic acids is 1. The Balaban J connectivity index is 2.02. The molecule has 0 saturated heterocycles. The predicted octanol–water partition coefficient (Wildman–Crippen LogP) is 1.43. The second-order valence-electron chi connectivity index (χ2n) is 4.11. The largest absolute Gasteiger partial charge is 0.347 e. The molecule has 2 N–H and O–H groups in total. The van der Waals surface area contributed by atoms with Crippen LogP contribution in [0.5, 0.6) is 0 Å². The van der Waals surface area contributed by atoms with E-state index in [4.69, 9.17) is 0 Å². The topological polar surface area (TPSA) is 75.6 Å². The average Bonchev–Trinajstić information content (AvgIpc) is 3.06. The lowest BCUT2D eigenvalue weighted by atomic mass is 10.2. The van der Waals surface area contributed by atoms with Crippen molar-refractivity contribution in [2.45, 2.75) is 32.4 Å². The number of imidazole rings is 1. The molecule has 0 aliphatic rings. The number of hydrogen-bond donors (Lipinski definition) is 2. The monoisotopic (exact) mass is 247 g/mol. The maximum absolute atomic E-state index is 12.1. The molecule has 0 spiro atoms. The smallest absolute Gasteiger partial charge is 0.245 e. The Morgan fingerprint density at radius 1 is 1.56 bits per heavy atom. The second kappa shape index (κ2) is 5.48. The van der Waals surface area contributed by atoms with E-state index in [1.807, 2.05) is 13.8 Å². The highest BCUT2D eigenvalue weighted by atomic mass is 16.2. The van der Waals surface area contributed by atoms with Crippen LogP contribution in [0.3, 0.4) is 0 Å². The molecule has 2 aromatic heterocycles. The SMILES string of the molecule is CCC(NC(=O)C(C)n1cccn1)c1ncc[nH]1. The fourth-order valence-corrected chi connectivity index (χ4v) is 1.75. The normalized spacial score (nSPS) is 14.1. The highest BCUT2D eigenvalue weighted by Gasteiger charge is 2.20. The van der Waals surface area contributed by atoms with Crippen LogP contribution in [-0.2, 0) is 4.79 Å². The molecule has 1 amide bonds. The summed E-state index contributed by atoms with van der Waals surface area (Å²) in [7, 11) is 0. The molecule has 96 valence electrons. The highest BCUT2D eigenvalue weighted by molar-refractivity contribution is 5.80. The quantitative estimate of drug-likeness (QED) is 0.839. The summed E-state index contributed by atoms with van der Waals surface area (Å²) in [4.78, 5) is 19.3. The molecule has 2 atom stereocenters. The molecular weight excluding hydrogens is 230 g/mol. The fraction of sp³-hybridized carbons (Fsp3) is 0.417. The van der Waals surface area contributed by atoms with Gasteiger partial charge in [0.15, 0.2) is 0 Å². The summed E-state index contributed by atoms with van der Waals surface area (Å²) >= 11 is 0. The fourth-order valence-electron chi connectivity index (χ4n) is 1.75. The van der Waals surface area contributed by atoms with Crippen molar-refractivity contribution in [2.75, 3.05) is 0 Å². The van der Waals surface area contributed by atoms with Gasteiger partial charge in [-0.2, -0.15) is 5.10 Å². The lowest BCUT2D eigenvalue weighted by Crippen LogP contribution is -2.34. The van der Waals surface area contributed by atoms with Crippen molar-refractivity contribution in [3.63, 3.8) is 0 Å². The minimum atomic E-state index is -0.330. The van der Waals surface area contributed by atoms with Crippen LogP contribution >= 0.6 is 0 Å². The van der Waals surface area contributed by atoms with Crippen LogP contribution in [0.25, 0.3) is 0 Å². The van der Waals surface area contributed by atoms with Gasteiger partial charge in [0, 0.05) is 24.8 Å². The van der Waals surface area contributed by atoms with Gasteiger partial charge in [0.1, 0.15) is 11.9 Å². The van der Waals surface area contributed by atoms with Crippen LogP contribution in [0.2, 0.25) is 0 Å². The lowest BCUT2D eigenvalue weighted by Gasteiger charge is -2.18. The third-order valence-electron chi connectivity index (χ3n) is 2.88. The Hall–Kier alpha value is -2.11. The molecule has 0 aromatic carbocycles. The molecule has 2 rings (SSSR count). The third-order valence-corrected chi connectivity index (χ3v) is 2.88. The summed E-state index contributed by atoms with van der Waals surface area (Å²) in [6, 6.07) is 1.38. The van der Waals surface area contributed by atoms with Crippen molar-refractivity contribution in [3.8, 4) is 0 Å². The number of rotatable bonds is 5. The maximum Gasteiger partial charge on any atom is 0.245 e. The molecule has 6 nitrogen and oxygen atoms in total. The van der Waals surface area contributed by atoms with Crippen LogP contribution in [0.15, 0.2) is 30.9 Å². The summed E-state index contributed by atoms with van der Waals surface area (Å²) in [5.41, 5.74) is 0. The molecule has 0 radical (unpaired) electrons. The van der Waals surface area contributed by atoms with Crippen molar-refractivity contribution in [1.29, 1.82) is 0 Å². The van der Waals surface area contributed by atoms with Gasteiger partial charge >= 0.3 is 0 Å². The lowest BCUT2D eigenvalue weighted by molar-refractivity contribution is -0.125. The summed E-state index contributed by atoms with van der Waals surface area (Å²) in [6.07, 6.45) is 7.65. The number of aromatic amines is 1. The molecular formula is C12H17N5O. The van der Waals surface area contributed by atoms with Gasteiger partial charge in [-0.25, -0.2) is 4.98 Å². The molecule has 0 aliphatic heterocycles. The molecule has 18 heavy (non-hydrogen) atoms. The van der Waals surface area contributed by atoms with Crippen LogP contribution in [0.1, 0.15) is 38.2 Å². The second-order valence-corrected chi connectivity index (χ2v) is 4.11. The number of nitrogens with one attached hydrogen (secondary N) is 2. The van der Waals surface area contributed by atoms with Gasteiger partial charge in [0.2, 0.25) is 5.91 Å². The first-order valence-corrected chi connectivity index (χ1v) is 6.01. The number of H-pyrrole nitrogens is 1. The molecule has 0 aliphatic carbocycles. The van der Waals surface area contributed by atoms with Crippen LogP contribution in [-0.4, -0.2) is 25.7 Å². The molecule has 2 heterocycles. The Morgan fingerprint density at radius 2 is 2.39 bits per heavy atom. The number of carbonyl (C=O) groups is 1. The Bertz CT molecular complexity index is 477. The summed E-state index contributed by atoms with van der Waals surface area (Å²) in [6.45, 7) is 3.82. The Labute approximate surface area is 105 Å². The van der Waals surface area contributed by atoms with Crippen LogP contribution in [0.4, 0.5) is 0 Å².